The van der Waals surface area contributed by atoms with Crippen LogP contribution in [0.2, 0.25) is 0 Å². The highest BCUT2D eigenvalue weighted by Crippen LogP contribution is 2.22. The Morgan fingerprint density at radius 1 is 1.50 bits per heavy atom. The first kappa shape index (κ1) is 14.7. The minimum atomic E-state index is -0.340. The molecule has 1 unspecified atom stereocenters. The van der Waals surface area contributed by atoms with Gasteiger partial charge in [0.1, 0.15) is 0 Å². The lowest BCUT2D eigenvalue weighted by molar-refractivity contribution is -0.130. The van der Waals surface area contributed by atoms with Gasteiger partial charge >= 0.3 is 0 Å². The molecule has 8 heteroatoms. The van der Waals surface area contributed by atoms with Crippen LogP contribution in [-0.2, 0) is 16.0 Å². The van der Waals surface area contributed by atoms with Gasteiger partial charge in [0.2, 0.25) is 23.5 Å². The first-order chi connectivity index (χ1) is 10.6. The van der Waals surface area contributed by atoms with Gasteiger partial charge in [-0.05, 0) is 17.9 Å². The smallest absolute Gasteiger partial charge is 0.227 e. The summed E-state index contributed by atoms with van der Waals surface area (Å²) < 4.78 is 5.16. The average Bonchev–Trinajstić information content (AvgIpc) is 3.23. The molecule has 1 aliphatic heterocycles. The Morgan fingerprint density at radius 3 is 3.05 bits per heavy atom. The van der Waals surface area contributed by atoms with Gasteiger partial charge in [0.15, 0.2) is 0 Å². The molecule has 1 aliphatic rings. The molecule has 116 valence electrons. The van der Waals surface area contributed by atoms with E-state index >= 15 is 0 Å². The largest absolute Gasteiger partial charge is 0.369 e. The molecule has 0 radical (unpaired) electrons. The second kappa shape index (κ2) is 6.27. The number of primary amides is 1. The Bertz CT molecular complexity index is 667. The van der Waals surface area contributed by atoms with Crippen LogP contribution in [0, 0.1) is 5.92 Å². The van der Waals surface area contributed by atoms with E-state index in [1.165, 1.54) is 11.3 Å². The number of carbonyl (C=O) groups excluding carboxylic acids is 2. The number of aromatic nitrogens is 2. The maximum Gasteiger partial charge on any atom is 0.227 e. The van der Waals surface area contributed by atoms with Crippen molar-refractivity contribution in [3.05, 3.63) is 23.4 Å². The van der Waals surface area contributed by atoms with Crippen LogP contribution in [-0.4, -0.2) is 39.9 Å². The van der Waals surface area contributed by atoms with Crippen LogP contribution in [0.3, 0.4) is 0 Å². The van der Waals surface area contributed by atoms with Gasteiger partial charge in [0.25, 0.3) is 0 Å². The number of aryl methyl sites for hydroxylation is 1. The van der Waals surface area contributed by atoms with Gasteiger partial charge in [0, 0.05) is 25.9 Å². The van der Waals surface area contributed by atoms with Crippen molar-refractivity contribution in [1.29, 1.82) is 0 Å². The third-order valence-electron chi connectivity index (χ3n) is 3.71. The average molecular weight is 320 g/mol. The number of carbonyl (C=O) groups is 2. The predicted octanol–water partition coefficient (Wildman–Crippen LogP) is 1.06. The SMILES string of the molecule is NC(=O)C1CCN(C(=O)CCc2nc(-c3cccs3)no2)C1. The van der Waals surface area contributed by atoms with Crippen LogP contribution in [0.5, 0.6) is 0 Å². The molecule has 2 amide bonds. The Morgan fingerprint density at radius 2 is 2.36 bits per heavy atom. The first-order valence-corrected chi connectivity index (χ1v) is 7.95. The number of hydrogen-bond donors (Lipinski definition) is 1. The van der Waals surface area contributed by atoms with Crippen molar-refractivity contribution in [2.45, 2.75) is 19.3 Å². The topological polar surface area (TPSA) is 102 Å². The standard InChI is InChI=1S/C14H16N4O3S/c15-13(20)9-5-6-18(8-9)12(19)4-3-11-16-14(17-21-11)10-2-1-7-22-10/h1-2,7,9H,3-6,8H2,(H2,15,20). The van der Waals surface area contributed by atoms with E-state index in [1.807, 2.05) is 17.5 Å². The summed E-state index contributed by atoms with van der Waals surface area (Å²) in [5.41, 5.74) is 5.27. The van der Waals surface area contributed by atoms with Crippen molar-refractivity contribution in [3.8, 4) is 10.7 Å². The molecular weight excluding hydrogens is 304 g/mol. The fourth-order valence-corrected chi connectivity index (χ4v) is 3.10. The minimum absolute atomic E-state index is 0.0142. The van der Waals surface area contributed by atoms with Gasteiger partial charge in [-0.1, -0.05) is 11.2 Å². The summed E-state index contributed by atoms with van der Waals surface area (Å²) >= 11 is 1.53. The lowest BCUT2D eigenvalue weighted by Crippen LogP contribution is -2.31. The van der Waals surface area contributed by atoms with Gasteiger partial charge < -0.3 is 15.2 Å². The normalized spacial score (nSPS) is 17.8. The van der Waals surface area contributed by atoms with E-state index < -0.39 is 0 Å². The fraction of sp³-hybridized carbons (Fsp3) is 0.429. The molecule has 2 N–H and O–H groups in total. The number of rotatable bonds is 5. The third kappa shape index (κ3) is 3.16. The van der Waals surface area contributed by atoms with Crippen molar-refractivity contribution in [2.75, 3.05) is 13.1 Å². The molecule has 7 nitrogen and oxygen atoms in total. The molecule has 1 saturated heterocycles. The molecule has 0 aliphatic carbocycles. The summed E-state index contributed by atoms with van der Waals surface area (Å²) in [6.45, 7) is 0.995. The summed E-state index contributed by atoms with van der Waals surface area (Å²) in [7, 11) is 0. The van der Waals surface area contributed by atoms with Crippen LogP contribution >= 0.6 is 11.3 Å². The lowest BCUT2D eigenvalue weighted by Gasteiger charge is -2.15. The van der Waals surface area contributed by atoms with Crippen molar-refractivity contribution in [3.63, 3.8) is 0 Å². The van der Waals surface area contributed by atoms with Gasteiger partial charge in [-0.2, -0.15) is 4.98 Å². The monoisotopic (exact) mass is 320 g/mol. The van der Waals surface area contributed by atoms with E-state index in [0.29, 0.717) is 37.6 Å². The van der Waals surface area contributed by atoms with Crippen molar-refractivity contribution in [1.82, 2.24) is 15.0 Å². The zero-order valence-electron chi connectivity index (χ0n) is 11.9. The van der Waals surface area contributed by atoms with Crippen molar-refractivity contribution < 1.29 is 14.1 Å². The zero-order valence-corrected chi connectivity index (χ0v) is 12.7. The number of nitrogens with two attached hydrogens (primary N) is 1. The Labute approximate surface area is 131 Å². The Hall–Kier alpha value is -2.22. The van der Waals surface area contributed by atoms with Crippen LogP contribution in [0.25, 0.3) is 10.7 Å². The van der Waals surface area contributed by atoms with Crippen LogP contribution in [0.1, 0.15) is 18.7 Å². The summed E-state index contributed by atoms with van der Waals surface area (Å²) in [5.74, 6) is 0.417. The van der Waals surface area contributed by atoms with E-state index in [1.54, 1.807) is 4.90 Å². The van der Waals surface area contributed by atoms with Gasteiger partial charge in [-0.3, -0.25) is 9.59 Å². The van der Waals surface area contributed by atoms with E-state index in [4.69, 9.17) is 10.3 Å². The molecule has 1 atom stereocenters. The number of hydrogen-bond acceptors (Lipinski definition) is 6. The Balaban J connectivity index is 1.52. The van der Waals surface area contributed by atoms with Gasteiger partial charge in [-0.15, -0.1) is 11.3 Å². The number of nitrogens with zero attached hydrogens (tertiary/aromatic N) is 3. The molecule has 2 aromatic rings. The van der Waals surface area contributed by atoms with E-state index in [2.05, 4.69) is 10.1 Å². The highest BCUT2D eigenvalue weighted by Gasteiger charge is 2.29. The summed E-state index contributed by atoms with van der Waals surface area (Å²) in [6.07, 6.45) is 1.33. The highest BCUT2D eigenvalue weighted by atomic mass is 32.1. The molecule has 0 saturated carbocycles. The summed E-state index contributed by atoms with van der Waals surface area (Å²) in [4.78, 5) is 30.1. The molecule has 1 fully saturated rings. The second-order valence-electron chi connectivity index (χ2n) is 5.22. The molecule has 3 rings (SSSR count). The molecule has 0 bridgehead atoms. The molecule has 0 spiro atoms. The quantitative estimate of drug-likeness (QED) is 0.887. The third-order valence-corrected chi connectivity index (χ3v) is 4.57. The number of amides is 2. The maximum absolute atomic E-state index is 12.1. The van der Waals surface area contributed by atoms with E-state index in [-0.39, 0.29) is 24.2 Å². The van der Waals surface area contributed by atoms with Gasteiger partial charge in [-0.25, -0.2) is 0 Å². The molecule has 2 aromatic heterocycles. The minimum Gasteiger partial charge on any atom is -0.369 e. The number of likely N-dealkylation sites (tertiary alicyclic amines) is 1. The molecule has 3 heterocycles. The molecule has 0 aromatic carbocycles. The Kier molecular flexibility index (Phi) is 4.19. The van der Waals surface area contributed by atoms with Crippen LogP contribution < -0.4 is 5.73 Å². The van der Waals surface area contributed by atoms with Crippen molar-refractivity contribution in [2.24, 2.45) is 11.7 Å². The number of thiophene rings is 1. The van der Waals surface area contributed by atoms with E-state index in [9.17, 15) is 9.59 Å². The summed E-state index contributed by atoms with van der Waals surface area (Å²) in [5, 5.41) is 5.85. The van der Waals surface area contributed by atoms with Crippen LogP contribution in [0.15, 0.2) is 22.0 Å². The second-order valence-corrected chi connectivity index (χ2v) is 6.16. The highest BCUT2D eigenvalue weighted by molar-refractivity contribution is 7.13. The summed E-state index contributed by atoms with van der Waals surface area (Å²) in [6, 6.07) is 3.83. The molecule has 22 heavy (non-hydrogen) atoms. The van der Waals surface area contributed by atoms with E-state index in [0.717, 1.165) is 4.88 Å². The van der Waals surface area contributed by atoms with Crippen LogP contribution in [0.4, 0.5) is 0 Å². The fourth-order valence-electron chi connectivity index (χ4n) is 2.45. The molecular formula is C14H16N4O3S. The van der Waals surface area contributed by atoms with Gasteiger partial charge in [0.05, 0.1) is 10.8 Å². The maximum atomic E-state index is 12.1. The van der Waals surface area contributed by atoms with Crippen molar-refractivity contribution >= 4 is 23.2 Å². The zero-order chi connectivity index (χ0) is 15.5. The lowest BCUT2D eigenvalue weighted by atomic mass is 10.1. The predicted molar refractivity (Wildman–Crippen MR) is 79.8 cm³/mol. The first-order valence-electron chi connectivity index (χ1n) is 7.07.